The van der Waals surface area contributed by atoms with Crippen molar-refractivity contribution in [2.45, 2.75) is 456 Å². The highest BCUT2D eigenvalue weighted by atomic mass is 16.3. The second-order valence-electron chi connectivity index (χ2n) is 26.1. The third-order valence-electron chi connectivity index (χ3n) is 18.0. The Morgan fingerprint density at radius 2 is 0.468 bits per heavy atom. The highest BCUT2D eigenvalue weighted by Crippen LogP contribution is 2.20. The van der Waals surface area contributed by atoms with Gasteiger partial charge in [-0.2, -0.15) is 0 Å². The average molecular weight is 1110 g/mol. The van der Waals surface area contributed by atoms with Crippen LogP contribution in [0.5, 0.6) is 0 Å². The smallest absolute Gasteiger partial charge is 0.220 e. The number of aliphatic hydroxyl groups excluding tert-OH is 2. The zero-order chi connectivity index (χ0) is 56.9. The lowest BCUT2D eigenvalue weighted by atomic mass is 10.0. The summed E-state index contributed by atoms with van der Waals surface area (Å²) in [4.78, 5) is 12.6. The minimum Gasteiger partial charge on any atom is -0.394 e. The van der Waals surface area contributed by atoms with Crippen LogP contribution in [-0.4, -0.2) is 34.9 Å². The van der Waals surface area contributed by atoms with E-state index in [-0.39, 0.29) is 12.5 Å². The molecular formula is C75H149NO3. The van der Waals surface area contributed by atoms with Crippen molar-refractivity contribution in [3.05, 3.63) is 12.2 Å². The molecule has 0 radical (unpaired) electrons. The quantitative estimate of drug-likeness (QED) is 0.0420. The summed E-state index contributed by atoms with van der Waals surface area (Å²) in [5.41, 5.74) is 0. The molecule has 2 unspecified atom stereocenters. The number of aliphatic hydroxyl groups is 2. The molecule has 3 N–H and O–H groups in total. The van der Waals surface area contributed by atoms with Gasteiger partial charge in [0.25, 0.3) is 0 Å². The molecule has 0 saturated carbocycles. The third-order valence-corrected chi connectivity index (χ3v) is 18.0. The lowest BCUT2D eigenvalue weighted by Gasteiger charge is -2.20. The molecule has 4 nitrogen and oxygen atoms in total. The number of carbonyl (C=O) groups is 1. The third kappa shape index (κ3) is 67.8. The van der Waals surface area contributed by atoms with Gasteiger partial charge in [0.2, 0.25) is 5.91 Å². The summed E-state index contributed by atoms with van der Waals surface area (Å²) in [6.07, 6.45) is 96.2. The first kappa shape index (κ1) is 78.1. The molecular weight excluding hydrogens is 963 g/mol. The van der Waals surface area contributed by atoms with E-state index >= 15 is 0 Å². The highest BCUT2D eigenvalue weighted by molar-refractivity contribution is 5.76. The van der Waals surface area contributed by atoms with Crippen molar-refractivity contribution in [1.29, 1.82) is 0 Å². The number of allylic oxidation sites excluding steroid dienone is 1. The summed E-state index contributed by atoms with van der Waals surface area (Å²) >= 11 is 0. The fourth-order valence-corrected chi connectivity index (χ4v) is 12.4. The standard InChI is InChI=1S/C75H149NO3/c1-3-5-7-9-11-13-15-17-19-21-23-25-27-29-31-33-35-36-37-38-39-41-43-45-47-49-51-53-55-57-59-61-63-65-67-69-71-75(79)76-73(72-77)74(78)70-68-66-64-62-60-58-56-54-52-50-48-46-44-42-40-34-32-30-28-26-24-22-20-18-16-14-12-10-8-6-4-2/h68,70,73-74,77-78H,3-67,69,71-72H2,1-2H3,(H,76,79)/b70-68+. The molecule has 0 aromatic heterocycles. The van der Waals surface area contributed by atoms with Crippen LogP contribution in [0.3, 0.4) is 0 Å². The van der Waals surface area contributed by atoms with Crippen molar-refractivity contribution in [1.82, 2.24) is 5.32 Å². The van der Waals surface area contributed by atoms with Crippen LogP contribution in [0.4, 0.5) is 0 Å². The van der Waals surface area contributed by atoms with Gasteiger partial charge in [-0.25, -0.2) is 0 Å². The summed E-state index contributed by atoms with van der Waals surface area (Å²) in [5, 5.41) is 23.3. The summed E-state index contributed by atoms with van der Waals surface area (Å²) in [5.74, 6) is -0.0522. The van der Waals surface area contributed by atoms with Gasteiger partial charge < -0.3 is 15.5 Å². The van der Waals surface area contributed by atoms with Crippen LogP contribution in [0, 0.1) is 0 Å². The van der Waals surface area contributed by atoms with Crippen molar-refractivity contribution >= 4 is 5.91 Å². The fourth-order valence-electron chi connectivity index (χ4n) is 12.4. The number of hydrogen-bond acceptors (Lipinski definition) is 3. The number of carbonyl (C=O) groups excluding carboxylic acids is 1. The van der Waals surface area contributed by atoms with Crippen LogP contribution < -0.4 is 5.32 Å². The zero-order valence-corrected chi connectivity index (χ0v) is 54.7. The van der Waals surface area contributed by atoms with E-state index < -0.39 is 12.1 Å². The van der Waals surface area contributed by atoms with Crippen molar-refractivity contribution in [2.24, 2.45) is 0 Å². The van der Waals surface area contributed by atoms with E-state index in [9.17, 15) is 15.0 Å². The van der Waals surface area contributed by atoms with E-state index in [1.165, 1.54) is 398 Å². The Balaban J connectivity index is 3.37. The molecule has 0 saturated heterocycles. The molecule has 0 aliphatic rings. The summed E-state index contributed by atoms with van der Waals surface area (Å²) in [6.45, 7) is 4.37. The number of nitrogens with one attached hydrogen (secondary N) is 1. The van der Waals surface area contributed by atoms with E-state index in [0.29, 0.717) is 6.42 Å². The second kappa shape index (κ2) is 71.4. The van der Waals surface area contributed by atoms with Crippen LogP contribution in [0.2, 0.25) is 0 Å². The molecule has 0 bridgehead atoms. The van der Waals surface area contributed by atoms with Gasteiger partial charge in [-0.1, -0.05) is 431 Å². The predicted molar refractivity (Wildman–Crippen MR) is 355 cm³/mol. The van der Waals surface area contributed by atoms with Crippen molar-refractivity contribution < 1.29 is 15.0 Å². The van der Waals surface area contributed by atoms with Crippen LogP contribution in [-0.2, 0) is 4.79 Å². The predicted octanol–water partition coefficient (Wildman–Crippen LogP) is 25.6. The Morgan fingerprint density at radius 1 is 0.291 bits per heavy atom. The first-order valence-electron chi connectivity index (χ1n) is 37.4. The van der Waals surface area contributed by atoms with E-state index in [2.05, 4.69) is 19.2 Å². The fraction of sp³-hybridized carbons (Fsp3) is 0.960. The summed E-state index contributed by atoms with van der Waals surface area (Å²) in [6, 6.07) is -0.620. The Kier molecular flexibility index (Phi) is 70.6. The molecule has 472 valence electrons. The molecule has 2 atom stereocenters. The van der Waals surface area contributed by atoms with Crippen molar-refractivity contribution in [3.63, 3.8) is 0 Å². The maximum absolute atomic E-state index is 12.6. The molecule has 0 fully saturated rings. The molecule has 79 heavy (non-hydrogen) atoms. The van der Waals surface area contributed by atoms with Crippen LogP contribution in [0.1, 0.15) is 444 Å². The molecule has 0 spiro atoms. The van der Waals surface area contributed by atoms with E-state index in [0.717, 1.165) is 25.7 Å². The molecule has 0 aliphatic heterocycles. The summed E-state index contributed by atoms with van der Waals surface area (Å²) < 4.78 is 0. The summed E-state index contributed by atoms with van der Waals surface area (Å²) in [7, 11) is 0. The van der Waals surface area contributed by atoms with Gasteiger partial charge in [-0.15, -0.1) is 0 Å². The second-order valence-corrected chi connectivity index (χ2v) is 26.1. The number of rotatable bonds is 71. The first-order valence-corrected chi connectivity index (χ1v) is 37.4. The van der Waals surface area contributed by atoms with Gasteiger partial charge in [0, 0.05) is 6.42 Å². The Morgan fingerprint density at radius 3 is 0.658 bits per heavy atom. The normalized spacial score (nSPS) is 12.6. The Bertz CT molecular complexity index is 1120. The number of unbranched alkanes of at least 4 members (excludes halogenated alkanes) is 64. The van der Waals surface area contributed by atoms with E-state index in [4.69, 9.17) is 0 Å². The lowest BCUT2D eigenvalue weighted by Crippen LogP contribution is -2.45. The maximum Gasteiger partial charge on any atom is 0.220 e. The van der Waals surface area contributed by atoms with Gasteiger partial charge in [0.1, 0.15) is 0 Å². The average Bonchev–Trinajstić information content (AvgIpc) is 3.45. The minimum atomic E-state index is -0.838. The molecule has 4 heteroatoms. The van der Waals surface area contributed by atoms with Crippen molar-refractivity contribution in [3.8, 4) is 0 Å². The minimum absolute atomic E-state index is 0.0522. The molecule has 0 heterocycles. The lowest BCUT2D eigenvalue weighted by molar-refractivity contribution is -0.123. The maximum atomic E-state index is 12.6. The van der Waals surface area contributed by atoms with Gasteiger partial charge in [-0.05, 0) is 19.3 Å². The van der Waals surface area contributed by atoms with E-state index in [1.54, 1.807) is 6.08 Å². The zero-order valence-electron chi connectivity index (χ0n) is 54.7. The van der Waals surface area contributed by atoms with Crippen LogP contribution >= 0.6 is 0 Å². The van der Waals surface area contributed by atoms with Crippen molar-refractivity contribution in [2.75, 3.05) is 6.61 Å². The van der Waals surface area contributed by atoms with E-state index in [1.807, 2.05) is 6.08 Å². The molecule has 0 rings (SSSR count). The SMILES string of the molecule is CCCCCCCCCCCCCCCCCCCCCCCCCCCCCCC/C=C/C(O)C(CO)NC(=O)CCCCCCCCCCCCCCCCCCCCCCCCCCCCCCCCCCCCCC. The monoisotopic (exact) mass is 1110 g/mol. The molecule has 0 aromatic carbocycles. The molecule has 0 aromatic rings. The first-order chi connectivity index (χ1) is 39.2. The van der Waals surface area contributed by atoms with Gasteiger partial charge in [0.15, 0.2) is 0 Å². The van der Waals surface area contributed by atoms with Crippen LogP contribution in [0.15, 0.2) is 12.2 Å². The van der Waals surface area contributed by atoms with Crippen LogP contribution in [0.25, 0.3) is 0 Å². The van der Waals surface area contributed by atoms with Gasteiger partial charge in [0.05, 0.1) is 18.8 Å². The largest absolute Gasteiger partial charge is 0.394 e. The van der Waals surface area contributed by atoms with Gasteiger partial charge in [-0.3, -0.25) is 4.79 Å². The number of amides is 1. The Hall–Kier alpha value is -0.870. The molecule has 1 amide bonds. The molecule has 0 aliphatic carbocycles. The topological polar surface area (TPSA) is 69.6 Å². The highest BCUT2D eigenvalue weighted by Gasteiger charge is 2.18. The Labute approximate surface area is 498 Å². The number of hydrogen-bond donors (Lipinski definition) is 3. The van der Waals surface area contributed by atoms with Gasteiger partial charge >= 0.3 is 0 Å².